The van der Waals surface area contributed by atoms with Gasteiger partial charge < -0.3 is 20.5 Å². The highest BCUT2D eigenvalue weighted by atomic mass is 16.5. The summed E-state index contributed by atoms with van der Waals surface area (Å²) < 4.78 is 5.25. The Morgan fingerprint density at radius 3 is 2.35 bits per heavy atom. The zero-order chi connectivity index (χ0) is 19.3. The first-order chi connectivity index (χ1) is 12.3. The zero-order valence-corrected chi connectivity index (χ0v) is 15.8. The average molecular weight is 358 g/mol. The second-order valence-corrected chi connectivity index (χ2v) is 6.79. The van der Waals surface area contributed by atoms with E-state index in [0.717, 1.165) is 5.56 Å². The minimum absolute atomic E-state index is 0.0704. The van der Waals surface area contributed by atoms with E-state index in [9.17, 15) is 9.59 Å². The summed E-state index contributed by atoms with van der Waals surface area (Å²) in [5, 5.41) is 12.3. The fourth-order valence-electron chi connectivity index (χ4n) is 2.46. The van der Waals surface area contributed by atoms with Gasteiger partial charge in [0.1, 0.15) is 5.56 Å². The molecule has 1 aromatic heterocycles. The lowest BCUT2D eigenvalue weighted by atomic mass is 10.0. The lowest BCUT2D eigenvalue weighted by Crippen LogP contribution is -2.34. The number of amides is 3. The number of carbonyl (C=O) groups excluding carboxylic acids is 2. The number of rotatable bonds is 6. The molecule has 0 spiro atoms. The minimum atomic E-state index is -0.245. The minimum Gasteiger partial charge on any atom is -0.360 e. The molecule has 7 heteroatoms. The number of carbonyl (C=O) groups is 2. The van der Waals surface area contributed by atoms with Crippen molar-refractivity contribution >= 4 is 17.6 Å². The Balaban J connectivity index is 1.95. The third-order valence-corrected chi connectivity index (χ3v) is 3.73. The van der Waals surface area contributed by atoms with Crippen molar-refractivity contribution < 1.29 is 14.1 Å². The summed E-state index contributed by atoms with van der Waals surface area (Å²) in [5.74, 6) is 0.473. The number of hydrogen-bond acceptors (Lipinski definition) is 4. The van der Waals surface area contributed by atoms with Crippen LogP contribution in [0.15, 0.2) is 28.8 Å². The summed E-state index contributed by atoms with van der Waals surface area (Å²) in [6.07, 6.45) is 0. The highest BCUT2D eigenvalue weighted by Gasteiger charge is 2.22. The number of aromatic nitrogens is 1. The Hall–Kier alpha value is -2.83. The SMILES string of the molecule is Cc1noc(C(C)C)c1C(=O)NCc1ccc(NC(=O)NC(C)C)cc1. The molecule has 3 amide bonds. The van der Waals surface area contributed by atoms with E-state index in [0.29, 0.717) is 29.2 Å². The van der Waals surface area contributed by atoms with Crippen LogP contribution in [0.25, 0.3) is 0 Å². The summed E-state index contributed by atoms with van der Waals surface area (Å²) >= 11 is 0. The van der Waals surface area contributed by atoms with Crippen molar-refractivity contribution in [3.8, 4) is 0 Å². The van der Waals surface area contributed by atoms with E-state index in [1.165, 1.54) is 0 Å². The monoisotopic (exact) mass is 358 g/mol. The molecular formula is C19H26N4O3. The second-order valence-electron chi connectivity index (χ2n) is 6.79. The fraction of sp³-hybridized carbons (Fsp3) is 0.421. The largest absolute Gasteiger partial charge is 0.360 e. The Morgan fingerprint density at radius 2 is 1.77 bits per heavy atom. The van der Waals surface area contributed by atoms with E-state index in [4.69, 9.17) is 4.52 Å². The Bertz CT molecular complexity index is 764. The second kappa shape index (κ2) is 8.51. The number of hydrogen-bond donors (Lipinski definition) is 3. The van der Waals surface area contributed by atoms with Gasteiger partial charge in [-0.2, -0.15) is 0 Å². The molecule has 0 radical (unpaired) electrons. The van der Waals surface area contributed by atoms with Crippen molar-refractivity contribution in [2.45, 2.75) is 53.1 Å². The van der Waals surface area contributed by atoms with Crippen molar-refractivity contribution in [2.75, 3.05) is 5.32 Å². The van der Waals surface area contributed by atoms with Gasteiger partial charge in [0.05, 0.1) is 5.69 Å². The molecule has 0 aliphatic rings. The third-order valence-electron chi connectivity index (χ3n) is 3.73. The van der Waals surface area contributed by atoms with Crippen LogP contribution >= 0.6 is 0 Å². The van der Waals surface area contributed by atoms with Crippen LogP contribution in [-0.2, 0) is 6.54 Å². The molecule has 0 fully saturated rings. The Morgan fingerprint density at radius 1 is 1.12 bits per heavy atom. The van der Waals surface area contributed by atoms with Gasteiger partial charge in [-0.3, -0.25) is 4.79 Å². The summed E-state index contributed by atoms with van der Waals surface area (Å²) in [6.45, 7) is 9.84. The number of aryl methyl sites for hydroxylation is 1. The number of anilines is 1. The molecule has 0 aliphatic carbocycles. The lowest BCUT2D eigenvalue weighted by Gasteiger charge is -2.11. The molecule has 0 bridgehead atoms. The predicted molar refractivity (Wildman–Crippen MR) is 100 cm³/mol. The highest BCUT2D eigenvalue weighted by molar-refractivity contribution is 5.96. The number of urea groups is 1. The summed E-state index contributed by atoms with van der Waals surface area (Å²) in [6, 6.07) is 7.13. The molecule has 0 atom stereocenters. The van der Waals surface area contributed by atoms with Gasteiger partial charge in [0.15, 0.2) is 5.76 Å². The van der Waals surface area contributed by atoms with Gasteiger partial charge in [-0.1, -0.05) is 31.1 Å². The molecule has 0 unspecified atom stereocenters. The molecule has 140 valence electrons. The number of benzene rings is 1. The van der Waals surface area contributed by atoms with Crippen molar-refractivity contribution in [3.05, 3.63) is 46.8 Å². The maximum Gasteiger partial charge on any atom is 0.319 e. The number of nitrogens with one attached hydrogen (secondary N) is 3. The quantitative estimate of drug-likeness (QED) is 0.735. The van der Waals surface area contributed by atoms with E-state index in [-0.39, 0.29) is 23.9 Å². The van der Waals surface area contributed by atoms with E-state index in [1.807, 2.05) is 39.8 Å². The molecule has 3 N–H and O–H groups in total. The molecule has 7 nitrogen and oxygen atoms in total. The van der Waals surface area contributed by atoms with Crippen molar-refractivity contribution in [1.82, 2.24) is 15.8 Å². The molecular weight excluding hydrogens is 332 g/mol. The normalized spacial score (nSPS) is 10.9. The maximum atomic E-state index is 12.5. The van der Waals surface area contributed by atoms with Gasteiger partial charge in [0.25, 0.3) is 5.91 Å². The third kappa shape index (κ3) is 5.08. The summed E-state index contributed by atoms with van der Waals surface area (Å²) in [7, 11) is 0. The fourth-order valence-corrected chi connectivity index (χ4v) is 2.46. The van der Waals surface area contributed by atoms with Crippen LogP contribution in [0, 0.1) is 6.92 Å². The van der Waals surface area contributed by atoms with Crippen LogP contribution in [0.4, 0.5) is 10.5 Å². The van der Waals surface area contributed by atoms with Crippen LogP contribution in [0.3, 0.4) is 0 Å². The predicted octanol–water partition coefficient (Wildman–Crippen LogP) is 3.57. The van der Waals surface area contributed by atoms with Gasteiger partial charge in [0.2, 0.25) is 0 Å². The van der Waals surface area contributed by atoms with Crippen molar-refractivity contribution in [1.29, 1.82) is 0 Å². The van der Waals surface area contributed by atoms with E-state index in [1.54, 1.807) is 19.1 Å². The van der Waals surface area contributed by atoms with Crippen molar-refractivity contribution in [2.24, 2.45) is 0 Å². The summed E-state index contributed by atoms with van der Waals surface area (Å²) in [4.78, 5) is 24.1. The maximum absolute atomic E-state index is 12.5. The Kier molecular flexibility index (Phi) is 6.38. The van der Waals surface area contributed by atoms with Crippen molar-refractivity contribution in [3.63, 3.8) is 0 Å². The van der Waals surface area contributed by atoms with Crippen LogP contribution in [0.2, 0.25) is 0 Å². The van der Waals surface area contributed by atoms with E-state index < -0.39 is 0 Å². The number of nitrogens with zero attached hydrogens (tertiary/aromatic N) is 1. The highest BCUT2D eigenvalue weighted by Crippen LogP contribution is 2.22. The van der Waals surface area contributed by atoms with Gasteiger partial charge in [-0.15, -0.1) is 0 Å². The van der Waals surface area contributed by atoms with Crippen LogP contribution in [0.1, 0.15) is 61.0 Å². The standard InChI is InChI=1S/C19H26N4O3/c1-11(2)17-16(13(5)23-26-17)18(24)20-10-14-6-8-15(9-7-14)22-19(25)21-12(3)4/h6-9,11-12H,10H2,1-5H3,(H,20,24)(H2,21,22,25). The van der Waals surface area contributed by atoms with Crippen LogP contribution in [0.5, 0.6) is 0 Å². The first-order valence-electron chi connectivity index (χ1n) is 8.68. The zero-order valence-electron chi connectivity index (χ0n) is 15.8. The van der Waals surface area contributed by atoms with E-state index in [2.05, 4.69) is 21.1 Å². The summed E-state index contributed by atoms with van der Waals surface area (Å²) in [5.41, 5.74) is 2.70. The molecule has 1 heterocycles. The topological polar surface area (TPSA) is 96.3 Å². The molecule has 0 saturated heterocycles. The average Bonchev–Trinajstić information content (AvgIpc) is 2.95. The van der Waals surface area contributed by atoms with Gasteiger partial charge in [-0.25, -0.2) is 4.79 Å². The first-order valence-corrected chi connectivity index (χ1v) is 8.68. The van der Waals surface area contributed by atoms with Gasteiger partial charge >= 0.3 is 6.03 Å². The van der Waals surface area contributed by atoms with Gasteiger partial charge in [-0.05, 0) is 38.5 Å². The lowest BCUT2D eigenvalue weighted by molar-refractivity contribution is 0.0948. The smallest absolute Gasteiger partial charge is 0.319 e. The first kappa shape index (κ1) is 19.5. The molecule has 2 aromatic rings. The molecule has 2 rings (SSSR count). The Labute approximate surface area is 153 Å². The van der Waals surface area contributed by atoms with Crippen LogP contribution in [-0.4, -0.2) is 23.1 Å². The molecule has 26 heavy (non-hydrogen) atoms. The molecule has 0 aliphatic heterocycles. The van der Waals surface area contributed by atoms with E-state index >= 15 is 0 Å². The molecule has 1 aromatic carbocycles. The van der Waals surface area contributed by atoms with Crippen LogP contribution < -0.4 is 16.0 Å². The molecule has 0 saturated carbocycles. The van der Waals surface area contributed by atoms with Gasteiger partial charge in [0, 0.05) is 24.2 Å².